The van der Waals surface area contributed by atoms with E-state index in [1.807, 2.05) is 18.5 Å². The molecule has 0 radical (unpaired) electrons. The molecule has 1 aromatic heterocycles. The molecule has 0 unspecified atom stereocenters. The van der Waals surface area contributed by atoms with Gasteiger partial charge in [-0.05, 0) is 11.4 Å². The smallest absolute Gasteiger partial charge is 0.107 e. The molecule has 1 aromatic rings. The number of thiophene rings is 1. The van der Waals surface area contributed by atoms with Crippen LogP contribution in [0.1, 0.15) is 0 Å². The van der Waals surface area contributed by atoms with Crippen LogP contribution in [-0.4, -0.2) is 7.05 Å². The van der Waals surface area contributed by atoms with Crippen LogP contribution < -0.4 is 5.32 Å². The van der Waals surface area contributed by atoms with Crippen molar-refractivity contribution in [1.29, 1.82) is 0 Å². The van der Waals surface area contributed by atoms with Crippen molar-refractivity contribution in [1.82, 2.24) is 0 Å². The third kappa shape index (κ3) is 0.956. The Hall–Kier alpha value is -0.210. The molecule has 0 spiro atoms. The van der Waals surface area contributed by atoms with Crippen LogP contribution in [0.4, 0.5) is 5.00 Å². The van der Waals surface area contributed by atoms with Gasteiger partial charge in [0, 0.05) is 7.05 Å². The van der Waals surface area contributed by atoms with Crippen molar-refractivity contribution >= 4 is 27.9 Å². The molecule has 0 aromatic carbocycles. The molecule has 0 atom stereocenters. The number of hydrogen-bond acceptors (Lipinski definition) is 2. The summed E-state index contributed by atoms with van der Waals surface area (Å²) in [6, 6.07) is 1.87. The van der Waals surface area contributed by atoms with E-state index in [4.69, 9.17) is 11.6 Å². The first-order chi connectivity index (χ1) is 3.84. The van der Waals surface area contributed by atoms with Crippen molar-refractivity contribution < 1.29 is 0 Å². The van der Waals surface area contributed by atoms with E-state index in [0.717, 1.165) is 10.0 Å². The van der Waals surface area contributed by atoms with E-state index in [-0.39, 0.29) is 0 Å². The molecule has 0 aliphatic heterocycles. The molecule has 0 saturated carbocycles. The predicted molar refractivity (Wildman–Crippen MR) is 38.9 cm³/mol. The number of rotatable bonds is 1. The molecule has 8 heavy (non-hydrogen) atoms. The van der Waals surface area contributed by atoms with Crippen LogP contribution in [-0.2, 0) is 0 Å². The van der Waals surface area contributed by atoms with Gasteiger partial charge in [-0.3, -0.25) is 0 Å². The highest BCUT2D eigenvalue weighted by Gasteiger charge is 1.94. The van der Waals surface area contributed by atoms with Gasteiger partial charge in [0.1, 0.15) is 5.00 Å². The average molecular weight is 148 g/mol. The van der Waals surface area contributed by atoms with Gasteiger partial charge in [0.2, 0.25) is 0 Å². The molecule has 0 saturated heterocycles. The molecule has 0 aliphatic carbocycles. The first-order valence-corrected chi connectivity index (χ1v) is 3.51. The lowest BCUT2D eigenvalue weighted by Crippen LogP contribution is -1.81. The lowest BCUT2D eigenvalue weighted by molar-refractivity contribution is 1.59. The van der Waals surface area contributed by atoms with E-state index in [2.05, 4.69) is 5.32 Å². The number of halogens is 1. The molecule has 1 heterocycles. The van der Waals surface area contributed by atoms with Gasteiger partial charge in [-0.1, -0.05) is 11.6 Å². The SMILES string of the molecule is CNc1sccc1Cl. The summed E-state index contributed by atoms with van der Waals surface area (Å²) in [6.07, 6.45) is 0. The molecule has 1 rings (SSSR count). The summed E-state index contributed by atoms with van der Waals surface area (Å²) in [6.45, 7) is 0. The van der Waals surface area contributed by atoms with Gasteiger partial charge in [0.05, 0.1) is 5.02 Å². The second kappa shape index (κ2) is 2.37. The molecule has 0 aliphatic rings. The third-order valence-corrected chi connectivity index (χ3v) is 2.20. The van der Waals surface area contributed by atoms with Crippen molar-refractivity contribution in [3.8, 4) is 0 Å². The molecular weight excluding hydrogens is 142 g/mol. The molecule has 1 nitrogen and oxygen atoms in total. The summed E-state index contributed by atoms with van der Waals surface area (Å²) in [7, 11) is 1.86. The molecule has 0 fully saturated rings. The Labute approximate surface area is 57.3 Å². The summed E-state index contributed by atoms with van der Waals surface area (Å²) in [5, 5.41) is 6.75. The third-order valence-electron chi connectivity index (χ3n) is 0.844. The number of anilines is 1. The van der Waals surface area contributed by atoms with Crippen LogP contribution in [0.15, 0.2) is 11.4 Å². The van der Waals surface area contributed by atoms with E-state index in [0.29, 0.717) is 0 Å². The second-order valence-corrected chi connectivity index (χ2v) is 2.67. The minimum absolute atomic E-state index is 0.803. The van der Waals surface area contributed by atoms with E-state index in [9.17, 15) is 0 Å². The summed E-state index contributed by atoms with van der Waals surface area (Å²) in [4.78, 5) is 0. The van der Waals surface area contributed by atoms with Gasteiger partial charge in [-0.2, -0.15) is 0 Å². The van der Waals surface area contributed by atoms with Crippen molar-refractivity contribution in [2.24, 2.45) is 0 Å². The fourth-order valence-corrected chi connectivity index (χ4v) is 1.48. The Morgan fingerprint density at radius 1 is 1.75 bits per heavy atom. The standard InChI is InChI=1S/C5H6ClNS/c1-7-5-4(6)2-3-8-5/h2-3,7H,1H3. The van der Waals surface area contributed by atoms with Gasteiger partial charge < -0.3 is 5.32 Å². The van der Waals surface area contributed by atoms with Crippen molar-refractivity contribution in [3.63, 3.8) is 0 Å². The van der Waals surface area contributed by atoms with Gasteiger partial charge in [-0.15, -0.1) is 11.3 Å². The fourth-order valence-electron chi connectivity index (χ4n) is 0.472. The highest BCUT2D eigenvalue weighted by Crippen LogP contribution is 2.26. The highest BCUT2D eigenvalue weighted by atomic mass is 35.5. The maximum Gasteiger partial charge on any atom is 0.107 e. The summed E-state index contributed by atoms with van der Waals surface area (Å²) in [5.41, 5.74) is 0. The Morgan fingerprint density at radius 3 is 2.75 bits per heavy atom. The lowest BCUT2D eigenvalue weighted by atomic mass is 10.6. The van der Waals surface area contributed by atoms with E-state index in [1.165, 1.54) is 0 Å². The first kappa shape index (κ1) is 5.92. The quantitative estimate of drug-likeness (QED) is 0.644. The molecule has 0 amide bonds. The maximum atomic E-state index is 5.69. The Morgan fingerprint density at radius 2 is 2.50 bits per heavy atom. The van der Waals surface area contributed by atoms with Crippen LogP contribution in [0, 0.1) is 0 Å². The molecule has 1 N–H and O–H groups in total. The zero-order valence-electron chi connectivity index (χ0n) is 4.44. The monoisotopic (exact) mass is 147 g/mol. The van der Waals surface area contributed by atoms with Gasteiger partial charge in [-0.25, -0.2) is 0 Å². The average Bonchev–Trinajstić information content (AvgIpc) is 2.14. The maximum absolute atomic E-state index is 5.69. The zero-order valence-corrected chi connectivity index (χ0v) is 6.01. The molecular formula is C5H6ClNS. The van der Waals surface area contributed by atoms with Gasteiger partial charge >= 0.3 is 0 Å². The van der Waals surface area contributed by atoms with Crippen LogP contribution in [0.2, 0.25) is 5.02 Å². The first-order valence-electron chi connectivity index (χ1n) is 2.25. The number of hydrogen-bond donors (Lipinski definition) is 1. The summed E-state index contributed by atoms with van der Waals surface area (Å²) < 4.78 is 0. The molecule has 3 heteroatoms. The fraction of sp³-hybridized carbons (Fsp3) is 0.200. The molecule has 44 valence electrons. The minimum Gasteiger partial charge on any atom is -0.379 e. The lowest BCUT2D eigenvalue weighted by Gasteiger charge is -1.90. The van der Waals surface area contributed by atoms with E-state index < -0.39 is 0 Å². The van der Waals surface area contributed by atoms with Crippen molar-refractivity contribution in [2.45, 2.75) is 0 Å². The van der Waals surface area contributed by atoms with Crippen molar-refractivity contribution in [3.05, 3.63) is 16.5 Å². The predicted octanol–water partition coefficient (Wildman–Crippen LogP) is 2.44. The van der Waals surface area contributed by atoms with Gasteiger partial charge in [0.25, 0.3) is 0 Å². The van der Waals surface area contributed by atoms with E-state index >= 15 is 0 Å². The van der Waals surface area contributed by atoms with Crippen LogP contribution >= 0.6 is 22.9 Å². The van der Waals surface area contributed by atoms with Crippen LogP contribution in [0.5, 0.6) is 0 Å². The number of nitrogens with one attached hydrogen (secondary N) is 1. The topological polar surface area (TPSA) is 12.0 Å². The summed E-state index contributed by atoms with van der Waals surface area (Å²) in [5.74, 6) is 0. The zero-order chi connectivity index (χ0) is 5.98. The minimum atomic E-state index is 0.803. The second-order valence-electron chi connectivity index (χ2n) is 1.35. The Bertz CT molecular complexity index is 173. The Balaban J connectivity index is 2.92. The van der Waals surface area contributed by atoms with Crippen molar-refractivity contribution in [2.75, 3.05) is 12.4 Å². The largest absolute Gasteiger partial charge is 0.379 e. The van der Waals surface area contributed by atoms with Crippen LogP contribution in [0.25, 0.3) is 0 Å². The van der Waals surface area contributed by atoms with Crippen LogP contribution in [0.3, 0.4) is 0 Å². The van der Waals surface area contributed by atoms with E-state index in [1.54, 1.807) is 11.3 Å². The normalized spacial score (nSPS) is 9.25. The summed E-state index contributed by atoms with van der Waals surface area (Å²) >= 11 is 7.29. The molecule has 0 bridgehead atoms. The Kier molecular flexibility index (Phi) is 1.76. The highest BCUT2D eigenvalue weighted by molar-refractivity contribution is 7.14. The van der Waals surface area contributed by atoms with Gasteiger partial charge in [0.15, 0.2) is 0 Å².